The van der Waals surface area contributed by atoms with Crippen molar-refractivity contribution < 1.29 is 4.79 Å². The highest BCUT2D eigenvalue weighted by atomic mass is 32.1. The number of aromatic nitrogens is 2. The molecule has 0 aliphatic carbocycles. The SMILES string of the molecule is O=C1CCc2cc(-c3ccnc(=S)[nH]3)ccc2N1. The number of fused-ring (bicyclic) bond motifs is 1. The number of hydrogen-bond acceptors (Lipinski definition) is 3. The van der Waals surface area contributed by atoms with Crippen molar-refractivity contribution in [2.24, 2.45) is 0 Å². The van der Waals surface area contributed by atoms with Crippen LogP contribution in [0.25, 0.3) is 11.3 Å². The maximum Gasteiger partial charge on any atom is 0.224 e. The fourth-order valence-corrected chi connectivity index (χ4v) is 2.26. The molecule has 1 aromatic heterocycles. The third-order valence-corrected chi connectivity index (χ3v) is 3.19. The molecule has 1 aliphatic rings. The molecular weight excluding hydrogens is 246 g/mol. The maximum atomic E-state index is 11.3. The zero-order chi connectivity index (χ0) is 12.5. The summed E-state index contributed by atoms with van der Waals surface area (Å²) in [7, 11) is 0. The quantitative estimate of drug-likeness (QED) is 0.772. The van der Waals surface area contributed by atoms with Crippen molar-refractivity contribution in [3.8, 4) is 11.3 Å². The molecular formula is C13H11N3OS. The van der Waals surface area contributed by atoms with Gasteiger partial charge in [0.1, 0.15) is 0 Å². The molecule has 1 amide bonds. The van der Waals surface area contributed by atoms with Crippen molar-refractivity contribution in [1.82, 2.24) is 9.97 Å². The van der Waals surface area contributed by atoms with Crippen LogP contribution in [0.2, 0.25) is 0 Å². The van der Waals surface area contributed by atoms with E-state index >= 15 is 0 Å². The van der Waals surface area contributed by atoms with Gasteiger partial charge >= 0.3 is 0 Å². The van der Waals surface area contributed by atoms with Crippen LogP contribution in [0.5, 0.6) is 0 Å². The highest BCUT2D eigenvalue weighted by Gasteiger charge is 2.15. The molecule has 1 aliphatic heterocycles. The molecule has 5 heteroatoms. The van der Waals surface area contributed by atoms with Crippen LogP contribution >= 0.6 is 12.2 Å². The fourth-order valence-electron chi connectivity index (χ4n) is 2.09. The van der Waals surface area contributed by atoms with Crippen molar-refractivity contribution in [3.05, 3.63) is 40.8 Å². The molecule has 2 N–H and O–H groups in total. The van der Waals surface area contributed by atoms with Gasteiger partial charge in [-0.15, -0.1) is 0 Å². The first kappa shape index (κ1) is 11.1. The van der Waals surface area contributed by atoms with Gasteiger partial charge in [0, 0.05) is 24.0 Å². The van der Waals surface area contributed by atoms with Crippen molar-refractivity contribution >= 4 is 23.8 Å². The van der Waals surface area contributed by atoms with E-state index in [4.69, 9.17) is 12.2 Å². The summed E-state index contributed by atoms with van der Waals surface area (Å²) in [5, 5.41) is 2.87. The number of rotatable bonds is 1. The number of hydrogen-bond donors (Lipinski definition) is 2. The second kappa shape index (κ2) is 4.34. The van der Waals surface area contributed by atoms with Crippen LogP contribution in [0.4, 0.5) is 5.69 Å². The molecule has 2 heterocycles. The van der Waals surface area contributed by atoms with Crippen LogP contribution in [0.15, 0.2) is 30.5 Å². The third-order valence-electron chi connectivity index (χ3n) is 2.99. The van der Waals surface area contributed by atoms with Crippen LogP contribution in [0.3, 0.4) is 0 Å². The summed E-state index contributed by atoms with van der Waals surface area (Å²) in [6.07, 6.45) is 3.01. The van der Waals surface area contributed by atoms with E-state index in [9.17, 15) is 4.79 Å². The Morgan fingerprint density at radius 2 is 2.11 bits per heavy atom. The first-order chi connectivity index (χ1) is 8.72. The van der Waals surface area contributed by atoms with Crippen LogP contribution in [-0.4, -0.2) is 15.9 Å². The minimum absolute atomic E-state index is 0.0820. The second-order valence-electron chi connectivity index (χ2n) is 4.21. The lowest BCUT2D eigenvalue weighted by molar-refractivity contribution is -0.116. The van der Waals surface area contributed by atoms with E-state index in [2.05, 4.69) is 21.4 Å². The molecule has 0 radical (unpaired) electrons. The number of H-pyrrole nitrogens is 1. The molecule has 0 bridgehead atoms. The summed E-state index contributed by atoms with van der Waals surface area (Å²) >= 11 is 5.01. The van der Waals surface area contributed by atoms with Crippen molar-refractivity contribution in [3.63, 3.8) is 0 Å². The Morgan fingerprint density at radius 1 is 1.22 bits per heavy atom. The molecule has 0 atom stereocenters. The van der Waals surface area contributed by atoms with Crippen LogP contribution < -0.4 is 5.32 Å². The molecule has 0 unspecified atom stereocenters. The van der Waals surface area contributed by atoms with Gasteiger partial charge in [-0.05, 0) is 48.0 Å². The molecule has 0 spiro atoms. The van der Waals surface area contributed by atoms with E-state index < -0.39 is 0 Å². The maximum absolute atomic E-state index is 11.3. The van der Waals surface area contributed by atoms with Crippen LogP contribution in [-0.2, 0) is 11.2 Å². The van der Waals surface area contributed by atoms with E-state index in [0.29, 0.717) is 11.2 Å². The van der Waals surface area contributed by atoms with Gasteiger partial charge in [0.05, 0.1) is 0 Å². The van der Waals surface area contributed by atoms with E-state index in [1.807, 2.05) is 18.2 Å². The Labute approximate surface area is 109 Å². The van der Waals surface area contributed by atoms with Gasteiger partial charge in [-0.3, -0.25) is 4.79 Å². The zero-order valence-corrected chi connectivity index (χ0v) is 10.4. The average Bonchev–Trinajstić information content (AvgIpc) is 2.38. The van der Waals surface area contributed by atoms with Gasteiger partial charge in [0.15, 0.2) is 4.77 Å². The van der Waals surface area contributed by atoms with Crippen LogP contribution in [0.1, 0.15) is 12.0 Å². The van der Waals surface area contributed by atoms with E-state index in [1.165, 1.54) is 0 Å². The largest absolute Gasteiger partial charge is 0.330 e. The molecule has 0 saturated heterocycles. The van der Waals surface area contributed by atoms with Crippen molar-refractivity contribution in [2.75, 3.05) is 5.32 Å². The van der Waals surface area contributed by atoms with E-state index in [0.717, 1.165) is 28.9 Å². The molecule has 0 saturated carbocycles. The third kappa shape index (κ3) is 2.04. The smallest absolute Gasteiger partial charge is 0.224 e. The number of carbonyl (C=O) groups is 1. The minimum Gasteiger partial charge on any atom is -0.330 e. The predicted molar refractivity (Wildman–Crippen MR) is 71.8 cm³/mol. The summed E-state index contributed by atoms with van der Waals surface area (Å²) < 4.78 is 0.471. The highest BCUT2D eigenvalue weighted by Crippen LogP contribution is 2.27. The summed E-state index contributed by atoms with van der Waals surface area (Å²) in [6, 6.07) is 7.86. The number of aromatic amines is 1. The Bertz CT molecular complexity index is 678. The second-order valence-corrected chi connectivity index (χ2v) is 4.60. The van der Waals surface area contributed by atoms with Crippen molar-refractivity contribution in [2.45, 2.75) is 12.8 Å². The molecule has 4 nitrogen and oxygen atoms in total. The topological polar surface area (TPSA) is 57.8 Å². The predicted octanol–water partition coefficient (Wildman–Crippen LogP) is 2.69. The number of amides is 1. The Hall–Kier alpha value is -2.01. The molecule has 1 aromatic carbocycles. The van der Waals surface area contributed by atoms with Gasteiger partial charge in [-0.25, -0.2) is 4.98 Å². The lowest BCUT2D eigenvalue weighted by atomic mass is 9.99. The molecule has 2 aromatic rings. The van der Waals surface area contributed by atoms with Gasteiger partial charge in [0.2, 0.25) is 5.91 Å². The number of nitrogens with zero attached hydrogens (tertiary/aromatic N) is 1. The van der Waals surface area contributed by atoms with E-state index in [1.54, 1.807) is 6.20 Å². The summed E-state index contributed by atoms with van der Waals surface area (Å²) in [5.74, 6) is 0.0820. The number of benzene rings is 1. The highest BCUT2D eigenvalue weighted by molar-refractivity contribution is 7.71. The molecule has 0 fully saturated rings. The number of aryl methyl sites for hydroxylation is 1. The van der Waals surface area contributed by atoms with Crippen LogP contribution in [0, 0.1) is 4.77 Å². The number of anilines is 1. The molecule has 90 valence electrons. The first-order valence-corrected chi connectivity index (χ1v) is 6.12. The molecule has 3 rings (SSSR count). The Balaban J connectivity index is 2.05. The minimum atomic E-state index is 0.0820. The Morgan fingerprint density at radius 3 is 2.94 bits per heavy atom. The monoisotopic (exact) mass is 257 g/mol. The fraction of sp³-hybridized carbons (Fsp3) is 0.154. The first-order valence-electron chi connectivity index (χ1n) is 5.71. The standard InChI is InChI=1S/C13H11N3OS/c17-12-4-2-9-7-8(1-3-10(9)15-12)11-5-6-14-13(18)16-11/h1,3,5-7H,2,4H2,(H,15,17)(H,14,16,18). The van der Waals surface area contributed by atoms with E-state index in [-0.39, 0.29) is 5.91 Å². The van der Waals surface area contributed by atoms with Gasteiger partial charge in [-0.2, -0.15) is 0 Å². The van der Waals surface area contributed by atoms with Gasteiger partial charge < -0.3 is 10.3 Å². The normalized spacial score (nSPS) is 13.9. The summed E-state index contributed by atoms with van der Waals surface area (Å²) in [6.45, 7) is 0. The summed E-state index contributed by atoms with van der Waals surface area (Å²) in [5.41, 5.74) is 4.05. The molecule has 18 heavy (non-hydrogen) atoms. The van der Waals surface area contributed by atoms with Crippen molar-refractivity contribution in [1.29, 1.82) is 0 Å². The number of carbonyl (C=O) groups excluding carboxylic acids is 1. The summed E-state index contributed by atoms with van der Waals surface area (Å²) in [4.78, 5) is 18.3. The van der Waals surface area contributed by atoms with Gasteiger partial charge in [0.25, 0.3) is 0 Å². The Kier molecular flexibility index (Phi) is 2.68. The number of nitrogens with one attached hydrogen (secondary N) is 2. The lowest BCUT2D eigenvalue weighted by Gasteiger charge is -2.17. The van der Waals surface area contributed by atoms with Gasteiger partial charge in [-0.1, -0.05) is 6.07 Å². The lowest BCUT2D eigenvalue weighted by Crippen LogP contribution is -2.18. The average molecular weight is 257 g/mol. The zero-order valence-electron chi connectivity index (χ0n) is 9.56.